The van der Waals surface area contributed by atoms with Gasteiger partial charge < -0.3 is 14.7 Å². The molecular formula is C29H32N2O3S. The summed E-state index contributed by atoms with van der Waals surface area (Å²) >= 11 is 1.70. The molecular weight excluding hydrogens is 456 g/mol. The third kappa shape index (κ3) is 4.94. The molecule has 1 aromatic heterocycles. The molecule has 2 aliphatic rings. The lowest BCUT2D eigenvalue weighted by Gasteiger charge is -2.34. The second-order valence-electron chi connectivity index (χ2n) is 9.62. The lowest BCUT2D eigenvalue weighted by atomic mass is 9.92. The fourth-order valence-electron chi connectivity index (χ4n) is 5.09. The number of thiophene rings is 1. The van der Waals surface area contributed by atoms with Crippen molar-refractivity contribution in [2.24, 2.45) is 0 Å². The summed E-state index contributed by atoms with van der Waals surface area (Å²) in [7, 11) is 0. The number of allylic oxidation sites excluding steroid dienone is 1. The van der Waals surface area contributed by atoms with E-state index < -0.39 is 6.09 Å². The minimum atomic E-state index is -0.419. The predicted octanol–water partition coefficient (Wildman–Crippen LogP) is 7.55. The monoisotopic (exact) mass is 488 g/mol. The number of aliphatic hydroxyl groups is 1. The fraction of sp³-hybridized carbons (Fsp3) is 0.345. The van der Waals surface area contributed by atoms with E-state index in [2.05, 4.69) is 41.1 Å². The van der Waals surface area contributed by atoms with Gasteiger partial charge in [0, 0.05) is 23.7 Å². The first-order valence-electron chi connectivity index (χ1n) is 12.3. The molecule has 182 valence electrons. The molecule has 5 rings (SSSR count). The van der Waals surface area contributed by atoms with Crippen LogP contribution in [0.3, 0.4) is 0 Å². The van der Waals surface area contributed by atoms with E-state index in [0.29, 0.717) is 5.92 Å². The molecule has 1 amide bonds. The highest BCUT2D eigenvalue weighted by atomic mass is 32.1. The summed E-state index contributed by atoms with van der Waals surface area (Å²) in [6, 6.07) is 20.3. The van der Waals surface area contributed by atoms with Crippen LogP contribution in [0.2, 0.25) is 0 Å². The number of carbonyl (C=O) groups excluding carboxylic acids is 1. The number of nitrogens with one attached hydrogen (secondary N) is 1. The minimum absolute atomic E-state index is 0.214. The smallest absolute Gasteiger partial charge is 0.412 e. The summed E-state index contributed by atoms with van der Waals surface area (Å²) in [4.78, 5) is 16.2. The number of piperidine rings is 1. The van der Waals surface area contributed by atoms with Crippen LogP contribution < -0.4 is 10.2 Å². The zero-order chi connectivity index (χ0) is 24.4. The lowest BCUT2D eigenvalue weighted by Crippen LogP contribution is -2.33. The Balaban J connectivity index is 1.17. The molecule has 2 N–H and O–H groups in total. The molecule has 3 aromatic rings. The molecule has 5 nitrogen and oxygen atoms in total. The van der Waals surface area contributed by atoms with Crippen molar-refractivity contribution >= 4 is 28.8 Å². The molecule has 1 atom stereocenters. The van der Waals surface area contributed by atoms with Crippen molar-refractivity contribution in [3.63, 3.8) is 0 Å². The van der Waals surface area contributed by atoms with Gasteiger partial charge >= 0.3 is 6.09 Å². The summed E-state index contributed by atoms with van der Waals surface area (Å²) in [6.45, 7) is 7.59. The molecule has 0 bridgehead atoms. The molecule has 35 heavy (non-hydrogen) atoms. The van der Waals surface area contributed by atoms with Crippen molar-refractivity contribution in [2.75, 3.05) is 23.3 Å². The zero-order valence-electron chi connectivity index (χ0n) is 20.1. The first kappa shape index (κ1) is 23.5. The first-order valence-corrected chi connectivity index (χ1v) is 13.2. The van der Waals surface area contributed by atoms with Gasteiger partial charge in [-0.25, -0.2) is 4.79 Å². The standard InChI is InChI=1S/C29H32N2O3S/c1-20(22-6-4-3-5-7-22)34-28(33)30-26-14-19-35-27(26)23-12-17-31(18-13-23)25-10-8-24(9-11-25)29(15-16-29)21(2)32/h3-11,14,19-20,23,32H,2,12-13,15-18H2,1H3,(H,30,33)/t20-/m1/s1. The number of carbonyl (C=O) groups is 1. The van der Waals surface area contributed by atoms with Crippen molar-refractivity contribution in [3.05, 3.63) is 94.4 Å². The van der Waals surface area contributed by atoms with E-state index in [1.807, 2.05) is 48.7 Å². The number of nitrogens with zero attached hydrogens (tertiary/aromatic N) is 1. The maximum Gasteiger partial charge on any atom is 0.412 e. The number of anilines is 2. The molecule has 2 fully saturated rings. The van der Waals surface area contributed by atoms with Crippen molar-refractivity contribution in [1.82, 2.24) is 0 Å². The average molecular weight is 489 g/mol. The molecule has 2 aromatic carbocycles. The topological polar surface area (TPSA) is 61.8 Å². The quantitative estimate of drug-likeness (QED) is 0.337. The second kappa shape index (κ2) is 9.78. The van der Waals surface area contributed by atoms with Crippen LogP contribution >= 0.6 is 11.3 Å². The molecule has 2 heterocycles. The van der Waals surface area contributed by atoms with Gasteiger partial charge in [-0.15, -0.1) is 11.3 Å². The van der Waals surface area contributed by atoms with E-state index in [1.165, 1.54) is 10.6 Å². The minimum Gasteiger partial charge on any atom is -0.512 e. The number of hydrogen-bond donors (Lipinski definition) is 2. The van der Waals surface area contributed by atoms with Crippen LogP contribution in [0.5, 0.6) is 0 Å². The Morgan fingerprint density at radius 2 is 1.80 bits per heavy atom. The summed E-state index contributed by atoms with van der Waals surface area (Å²) in [5, 5.41) is 15.0. The van der Waals surface area contributed by atoms with Gasteiger partial charge in [0.15, 0.2) is 0 Å². The van der Waals surface area contributed by atoms with Crippen molar-refractivity contribution in [3.8, 4) is 0 Å². The van der Waals surface area contributed by atoms with E-state index in [-0.39, 0.29) is 17.3 Å². The summed E-state index contributed by atoms with van der Waals surface area (Å²) in [5.74, 6) is 0.699. The molecule has 0 spiro atoms. The largest absolute Gasteiger partial charge is 0.512 e. The Morgan fingerprint density at radius 3 is 2.43 bits per heavy atom. The highest BCUT2D eigenvalue weighted by Gasteiger charge is 2.47. The fourth-order valence-corrected chi connectivity index (χ4v) is 6.12. The predicted molar refractivity (Wildman–Crippen MR) is 143 cm³/mol. The number of aliphatic hydroxyl groups excluding tert-OH is 1. The summed E-state index contributed by atoms with van der Waals surface area (Å²) in [5.41, 5.74) is 4.00. The van der Waals surface area contributed by atoms with Gasteiger partial charge in [0.1, 0.15) is 6.10 Å². The maximum absolute atomic E-state index is 12.6. The van der Waals surface area contributed by atoms with Crippen LogP contribution in [0.4, 0.5) is 16.2 Å². The van der Waals surface area contributed by atoms with Crippen molar-refractivity contribution in [2.45, 2.75) is 50.0 Å². The highest BCUT2D eigenvalue weighted by molar-refractivity contribution is 7.10. The Bertz CT molecular complexity index is 1180. The van der Waals surface area contributed by atoms with Crippen LogP contribution in [-0.4, -0.2) is 24.3 Å². The van der Waals surface area contributed by atoms with Crippen molar-refractivity contribution < 1.29 is 14.6 Å². The van der Waals surface area contributed by atoms with E-state index in [0.717, 1.165) is 55.6 Å². The van der Waals surface area contributed by atoms with Gasteiger partial charge in [-0.05, 0) is 73.2 Å². The number of ether oxygens (including phenoxy) is 1. The molecule has 1 aliphatic heterocycles. The van der Waals surface area contributed by atoms with Gasteiger partial charge in [-0.2, -0.15) is 0 Å². The van der Waals surface area contributed by atoms with Gasteiger partial charge in [-0.3, -0.25) is 5.32 Å². The summed E-state index contributed by atoms with van der Waals surface area (Å²) < 4.78 is 5.60. The third-order valence-corrected chi connectivity index (χ3v) is 8.52. The van der Waals surface area contributed by atoms with Crippen LogP contribution in [0.1, 0.15) is 60.6 Å². The Kier molecular flexibility index (Phi) is 6.56. The Labute approximate surface area is 211 Å². The first-order chi connectivity index (χ1) is 17.0. The Hall–Kier alpha value is -3.25. The summed E-state index contributed by atoms with van der Waals surface area (Å²) in [6.07, 6.45) is 3.29. The van der Waals surface area contributed by atoms with E-state index >= 15 is 0 Å². The van der Waals surface area contributed by atoms with Crippen LogP contribution in [0.25, 0.3) is 0 Å². The van der Waals surface area contributed by atoms with Gasteiger partial charge in [0.2, 0.25) is 0 Å². The van der Waals surface area contributed by atoms with E-state index in [1.54, 1.807) is 11.3 Å². The van der Waals surface area contributed by atoms with Gasteiger partial charge in [-0.1, -0.05) is 49.0 Å². The SMILES string of the molecule is C=C(O)C1(c2ccc(N3CCC(c4sccc4NC(=O)O[C@H](C)c4ccccc4)CC3)cc2)CC1. The molecule has 6 heteroatoms. The normalized spacial score (nSPS) is 18.0. The van der Waals surface area contributed by atoms with Crippen LogP contribution in [-0.2, 0) is 10.2 Å². The maximum atomic E-state index is 12.6. The Morgan fingerprint density at radius 1 is 1.11 bits per heavy atom. The lowest BCUT2D eigenvalue weighted by molar-refractivity contribution is 0.121. The average Bonchev–Trinajstić information content (AvgIpc) is 3.58. The van der Waals surface area contributed by atoms with Gasteiger partial charge in [0.25, 0.3) is 0 Å². The van der Waals surface area contributed by atoms with E-state index in [4.69, 9.17) is 4.74 Å². The molecule has 0 radical (unpaired) electrons. The molecule has 0 unspecified atom stereocenters. The molecule has 1 aliphatic carbocycles. The number of amides is 1. The zero-order valence-corrected chi connectivity index (χ0v) is 20.9. The number of hydrogen-bond acceptors (Lipinski definition) is 5. The van der Waals surface area contributed by atoms with E-state index in [9.17, 15) is 9.90 Å². The highest BCUT2D eigenvalue weighted by Crippen LogP contribution is 2.52. The van der Waals surface area contributed by atoms with Crippen molar-refractivity contribution in [1.29, 1.82) is 0 Å². The van der Waals surface area contributed by atoms with Gasteiger partial charge in [0.05, 0.1) is 16.9 Å². The molecule has 1 saturated carbocycles. The number of rotatable bonds is 7. The molecule has 1 saturated heterocycles. The van der Waals surface area contributed by atoms with Crippen LogP contribution in [0.15, 0.2) is 78.4 Å². The second-order valence-corrected chi connectivity index (χ2v) is 10.6. The number of benzene rings is 2. The van der Waals surface area contributed by atoms with Crippen LogP contribution in [0, 0.1) is 0 Å². The third-order valence-electron chi connectivity index (χ3n) is 7.44.